The number of methoxy groups -OCH3 is 1. The summed E-state index contributed by atoms with van der Waals surface area (Å²) in [6.07, 6.45) is 2.33. The van der Waals surface area contributed by atoms with Gasteiger partial charge in [-0.15, -0.1) is 0 Å². The topological polar surface area (TPSA) is 32.7 Å². The molecule has 0 saturated heterocycles. The van der Waals surface area contributed by atoms with Gasteiger partial charge in [0.05, 0.1) is 13.7 Å². The van der Waals surface area contributed by atoms with E-state index < -0.39 is 0 Å². The summed E-state index contributed by atoms with van der Waals surface area (Å²) < 4.78 is 5.39. The van der Waals surface area contributed by atoms with Crippen molar-refractivity contribution >= 4 is 0 Å². The first kappa shape index (κ1) is 15.0. The molecule has 0 spiro atoms. The van der Waals surface area contributed by atoms with Crippen molar-refractivity contribution in [3.8, 4) is 5.75 Å². The van der Waals surface area contributed by atoms with Crippen LogP contribution in [-0.2, 0) is 6.54 Å². The average molecular weight is 251 g/mol. The van der Waals surface area contributed by atoms with Crippen molar-refractivity contribution in [2.45, 2.75) is 33.2 Å². The second-order valence-electron chi connectivity index (χ2n) is 4.67. The van der Waals surface area contributed by atoms with Gasteiger partial charge in [-0.2, -0.15) is 0 Å². The van der Waals surface area contributed by atoms with Gasteiger partial charge in [-0.1, -0.05) is 31.0 Å². The lowest BCUT2D eigenvalue weighted by atomic mass is 10.1. The van der Waals surface area contributed by atoms with Crippen LogP contribution in [-0.4, -0.2) is 36.8 Å². The summed E-state index contributed by atoms with van der Waals surface area (Å²) in [6.45, 7) is 7.06. The van der Waals surface area contributed by atoms with Crippen LogP contribution in [0.1, 0.15) is 30.9 Å². The van der Waals surface area contributed by atoms with Gasteiger partial charge in [-0.25, -0.2) is 0 Å². The summed E-state index contributed by atoms with van der Waals surface area (Å²) in [7, 11) is 1.70. The Morgan fingerprint density at radius 3 is 2.67 bits per heavy atom. The zero-order valence-corrected chi connectivity index (χ0v) is 11.8. The van der Waals surface area contributed by atoms with Crippen LogP contribution >= 0.6 is 0 Å². The molecular formula is C15H25NO2. The van der Waals surface area contributed by atoms with Crippen LogP contribution in [0.25, 0.3) is 0 Å². The molecule has 0 saturated carbocycles. The van der Waals surface area contributed by atoms with E-state index in [2.05, 4.69) is 30.9 Å². The molecule has 0 fully saturated rings. The Morgan fingerprint density at radius 1 is 1.28 bits per heavy atom. The Labute approximate surface area is 110 Å². The molecule has 1 aromatic rings. The summed E-state index contributed by atoms with van der Waals surface area (Å²) in [5, 5.41) is 9.12. The number of hydrogen-bond donors (Lipinski definition) is 1. The minimum absolute atomic E-state index is 0.206. The summed E-state index contributed by atoms with van der Waals surface area (Å²) in [5.74, 6) is 0.931. The highest BCUT2D eigenvalue weighted by atomic mass is 16.5. The quantitative estimate of drug-likeness (QED) is 0.771. The predicted octanol–water partition coefficient (Wildman–Crippen LogP) is 2.60. The third-order valence-electron chi connectivity index (χ3n) is 3.07. The molecule has 102 valence electrons. The van der Waals surface area contributed by atoms with E-state index >= 15 is 0 Å². The maximum atomic E-state index is 9.12. The molecule has 1 N–H and O–H groups in total. The number of hydrogen-bond acceptors (Lipinski definition) is 3. The van der Waals surface area contributed by atoms with E-state index in [4.69, 9.17) is 9.84 Å². The van der Waals surface area contributed by atoms with Gasteiger partial charge in [0.2, 0.25) is 0 Å². The van der Waals surface area contributed by atoms with E-state index in [1.54, 1.807) is 7.11 Å². The fraction of sp³-hybridized carbons (Fsp3) is 0.600. The molecule has 0 aliphatic rings. The van der Waals surface area contributed by atoms with Crippen LogP contribution in [0.15, 0.2) is 18.2 Å². The van der Waals surface area contributed by atoms with Crippen LogP contribution in [0.2, 0.25) is 0 Å². The summed E-state index contributed by atoms with van der Waals surface area (Å²) in [6, 6.07) is 6.24. The van der Waals surface area contributed by atoms with Crippen LogP contribution in [0.4, 0.5) is 0 Å². The second-order valence-corrected chi connectivity index (χ2v) is 4.67. The van der Waals surface area contributed by atoms with Crippen LogP contribution in [0.5, 0.6) is 5.75 Å². The second kappa shape index (κ2) is 8.11. The number of rotatable bonds is 8. The Kier molecular flexibility index (Phi) is 6.76. The van der Waals surface area contributed by atoms with E-state index in [1.165, 1.54) is 17.5 Å². The Hall–Kier alpha value is -1.06. The van der Waals surface area contributed by atoms with Crippen molar-refractivity contribution in [2.24, 2.45) is 0 Å². The molecule has 0 atom stereocenters. The zero-order valence-electron chi connectivity index (χ0n) is 11.8. The van der Waals surface area contributed by atoms with Gasteiger partial charge in [0, 0.05) is 18.7 Å². The first-order chi connectivity index (χ1) is 8.71. The molecule has 18 heavy (non-hydrogen) atoms. The van der Waals surface area contributed by atoms with Gasteiger partial charge >= 0.3 is 0 Å². The lowest BCUT2D eigenvalue weighted by Gasteiger charge is -2.22. The molecule has 0 amide bonds. The first-order valence-corrected chi connectivity index (χ1v) is 6.68. The Morgan fingerprint density at radius 2 is 2.06 bits per heavy atom. The van der Waals surface area contributed by atoms with E-state index in [0.717, 1.165) is 31.8 Å². The van der Waals surface area contributed by atoms with E-state index in [9.17, 15) is 0 Å². The molecule has 0 aromatic heterocycles. The summed E-state index contributed by atoms with van der Waals surface area (Å²) >= 11 is 0. The smallest absolute Gasteiger partial charge is 0.123 e. The maximum absolute atomic E-state index is 9.12. The van der Waals surface area contributed by atoms with E-state index in [0.29, 0.717) is 0 Å². The molecule has 0 aliphatic carbocycles. The highest BCUT2D eigenvalue weighted by Crippen LogP contribution is 2.21. The molecule has 1 rings (SSSR count). The van der Waals surface area contributed by atoms with Crippen LogP contribution in [0.3, 0.4) is 0 Å². The Balaban J connectivity index is 2.74. The molecule has 0 radical (unpaired) electrons. The van der Waals surface area contributed by atoms with Gasteiger partial charge in [0.15, 0.2) is 0 Å². The van der Waals surface area contributed by atoms with Crippen molar-refractivity contribution < 1.29 is 9.84 Å². The molecule has 1 aromatic carbocycles. The van der Waals surface area contributed by atoms with Gasteiger partial charge in [0.25, 0.3) is 0 Å². The van der Waals surface area contributed by atoms with Gasteiger partial charge in [-0.05, 0) is 26.0 Å². The Bertz CT molecular complexity index is 352. The van der Waals surface area contributed by atoms with Gasteiger partial charge < -0.3 is 9.84 Å². The summed E-state index contributed by atoms with van der Waals surface area (Å²) in [4.78, 5) is 2.28. The molecule has 3 nitrogen and oxygen atoms in total. The molecule has 3 heteroatoms. The fourth-order valence-electron chi connectivity index (χ4n) is 2.06. The SMILES string of the molecule is CCCCN(CCO)Cc1cc(C)ccc1OC. The third-order valence-corrected chi connectivity index (χ3v) is 3.07. The zero-order chi connectivity index (χ0) is 13.4. The van der Waals surface area contributed by atoms with Crippen molar-refractivity contribution in [2.75, 3.05) is 26.8 Å². The lowest BCUT2D eigenvalue weighted by Crippen LogP contribution is -2.27. The van der Waals surface area contributed by atoms with E-state index in [-0.39, 0.29) is 6.61 Å². The molecule has 0 unspecified atom stereocenters. The number of aliphatic hydroxyl groups is 1. The van der Waals surface area contributed by atoms with Crippen molar-refractivity contribution in [1.29, 1.82) is 0 Å². The van der Waals surface area contributed by atoms with Crippen molar-refractivity contribution in [1.82, 2.24) is 4.90 Å². The van der Waals surface area contributed by atoms with Crippen molar-refractivity contribution in [3.05, 3.63) is 29.3 Å². The largest absolute Gasteiger partial charge is 0.496 e. The van der Waals surface area contributed by atoms with Gasteiger partial charge in [0.1, 0.15) is 5.75 Å². The maximum Gasteiger partial charge on any atom is 0.123 e. The number of aryl methyl sites for hydroxylation is 1. The van der Waals surface area contributed by atoms with Gasteiger partial charge in [-0.3, -0.25) is 4.90 Å². The lowest BCUT2D eigenvalue weighted by molar-refractivity contribution is 0.187. The molecule has 0 bridgehead atoms. The molecular weight excluding hydrogens is 226 g/mol. The number of aliphatic hydroxyl groups excluding tert-OH is 1. The highest BCUT2D eigenvalue weighted by molar-refractivity contribution is 5.36. The molecule has 0 heterocycles. The number of unbranched alkanes of at least 4 members (excludes halogenated alkanes) is 1. The minimum atomic E-state index is 0.206. The van der Waals surface area contributed by atoms with Crippen LogP contribution < -0.4 is 4.74 Å². The number of ether oxygens (including phenoxy) is 1. The fourth-order valence-corrected chi connectivity index (χ4v) is 2.06. The highest BCUT2D eigenvalue weighted by Gasteiger charge is 2.09. The minimum Gasteiger partial charge on any atom is -0.496 e. The molecule has 0 aliphatic heterocycles. The number of benzene rings is 1. The normalized spacial score (nSPS) is 10.9. The monoisotopic (exact) mass is 251 g/mol. The van der Waals surface area contributed by atoms with E-state index in [1.807, 2.05) is 6.07 Å². The standard InChI is InChI=1S/C15H25NO2/c1-4-5-8-16(9-10-17)12-14-11-13(2)6-7-15(14)18-3/h6-7,11,17H,4-5,8-10,12H2,1-3H3. The number of nitrogens with zero attached hydrogens (tertiary/aromatic N) is 1. The average Bonchev–Trinajstić information content (AvgIpc) is 2.36. The third kappa shape index (κ3) is 4.67. The summed E-state index contributed by atoms with van der Waals surface area (Å²) in [5.41, 5.74) is 2.44. The first-order valence-electron chi connectivity index (χ1n) is 6.68. The predicted molar refractivity (Wildman–Crippen MR) is 75.0 cm³/mol. The van der Waals surface area contributed by atoms with Crippen molar-refractivity contribution in [3.63, 3.8) is 0 Å². The van der Waals surface area contributed by atoms with Crippen LogP contribution in [0, 0.1) is 6.92 Å².